The summed E-state index contributed by atoms with van der Waals surface area (Å²) in [6, 6.07) is 6.72. The van der Waals surface area contributed by atoms with E-state index < -0.39 is 0 Å². The summed E-state index contributed by atoms with van der Waals surface area (Å²) in [6.07, 6.45) is 11.7. The molecule has 1 aliphatic carbocycles. The van der Waals surface area contributed by atoms with Gasteiger partial charge in [-0.2, -0.15) is 4.98 Å². The minimum Gasteiger partial charge on any atom is -0.321 e. The molecular weight excluding hydrogens is 457 g/mol. The molecule has 1 fully saturated rings. The second-order valence-corrected chi connectivity index (χ2v) is 8.96. The van der Waals surface area contributed by atoms with E-state index in [0.717, 1.165) is 53.5 Å². The quantitative estimate of drug-likeness (QED) is 0.406. The lowest BCUT2D eigenvalue weighted by molar-refractivity contribution is 0.298. The van der Waals surface area contributed by atoms with Gasteiger partial charge < -0.3 is 15.2 Å². The topological polar surface area (TPSA) is 80.5 Å². The summed E-state index contributed by atoms with van der Waals surface area (Å²) >= 11 is 0. The molecule has 1 saturated carbocycles. The summed E-state index contributed by atoms with van der Waals surface area (Å²) in [4.78, 5) is 18.8. The number of hydrogen-bond donors (Lipinski definition) is 2. The molecule has 2 aliphatic rings. The molecule has 9 heteroatoms. The third kappa shape index (κ3) is 4.37. The molecule has 33 heavy (non-hydrogen) atoms. The zero-order valence-corrected chi connectivity index (χ0v) is 20.3. The van der Waals surface area contributed by atoms with Gasteiger partial charge in [-0.25, -0.2) is 9.97 Å². The van der Waals surface area contributed by atoms with Crippen molar-refractivity contribution in [3.05, 3.63) is 48.0 Å². The van der Waals surface area contributed by atoms with Crippen LogP contribution in [-0.2, 0) is 13.0 Å². The summed E-state index contributed by atoms with van der Waals surface area (Å²) in [5, 5.41) is 8.99. The van der Waals surface area contributed by atoms with E-state index in [9.17, 15) is 0 Å². The highest BCUT2D eigenvalue weighted by Gasteiger charge is 2.24. The second kappa shape index (κ2) is 9.79. The molecule has 2 N–H and O–H groups in total. The first-order valence-corrected chi connectivity index (χ1v) is 11.3. The molecule has 0 spiro atoms. The molecular formula is C24H29Cl2N7. The van der Waals surface area contributed by atoms with Crippen molar-refractivity contribution >= 4 is 58.5 Å². The first kappa shape index (κ1) is 23.7. The third-order valence-electron chi connectivity index (χ3n) is 6.87. The lowest BCUT2D eigenvalue weighted by Gasteiger charge is -2.28. The predicted molar refractivity (Wildman–Crippen MR) is 137 cm³/mol. The SMILES string of the molecule is CC1CCC(n2c3cnccc3c3cnc(Nc4ccc5c(n4)CNCC5)nc32)CC1.Cl.Cl. The Morgan fingerprint density at radius 2 is 1.85 bits per heavy atom. The lowest BCUT2D eigenvalue weighted by Crippen LogP contribution is -2.24. The summed E-state index contributed by atoms with van der Waals surface area (Å²) in [7, 11) is 0. The van der Waals surface area contributed by atoms with Gasteiger partial charge >= 0.3 is 0 Å². The van der Waals surface area contributed by atoms with Gasteiger partial charge in [0.1, 0.15) is 11.5 Å². The van der Waals surface area contributed by atoms with Gasteiger partial charge in [0.2, 0.25) is 5.95 Å². The fraction of sp³-hybridized carbons (Fsp3) is 0.417. The number of anilines is 2. The molecule has 1 aliphatic heterocycles. The standard InChI is InChI=1S/C24H27N7.2ClH/c1-15-2-5-17(6-3-15)31-21-14-26-11-9-18(21)19-12-27-24(30-23(19)31)29-22-7-4-16-8-10-25-13-20(16)28-22;;/h4,7,9,11-12,14-15,17,25H,2-3,5-6,8,10,13H2,1H3,(H,27,28,29,30);2*1H. The number of aromatic nitrogens is 5. The molecule has 0 unspecified atom stereocenters. The van der Waals surface area contributed by atoms with Crippen LogP contribution in [0.5, 0.6) is 0 Å². The highest BCUT2D eigenvalue weighted by atomic mass is 35.5. The fourth-order valence-corrected chi connectivity index (χ4v) is 5.12. The van der Waals surface area contributed by atoms with E-state index in [1.165, 1.54) is 36.6 Å². The number of fused-ring (bicyclic) bond motifs is 4. The average Bonchev–Trinajstić information content (AvgIpc) is 3.13. The van der Waals surface area contributed by atoms with Crippen LogP contribution in [0.4, 0.5) is 11.8 Å². The van der Waals surface area contributed by atoms with E-state index in [-0.39, 0.29) is 24.8 Å². The van der Waals surface area contributed by atoms with Crippen LogP contribution < -0.4 is 10.6 Å². The van der Waals surface area contributed by atoms with E-state index in [1.54, 1.807) is 0 Å². The normalized spacial score (nSPS) is 20.0. The van der Waals surface area contributed by atoms with E-state index in [4.69, 9.17) is 9.97 Å². The van der Waals surface area contributed by atoms with Gasteiger partial charge in [-0.1, -0.05) is 13.0 Å². The molecule has 7 nitrogen and oxygen atoms in total. The zero-order valence-electron chi connectivity index (χ0n) is 18.6. The maximum absolute atomic E-state index is 4.97. The second-order valence-electron chi connectivity index (χ2n) is 8.96. The maximum atomic E-state index is 4.97. The van der Waals surface area contributed by atoms with E-state index in [0.29, 0.717) is 12.0 Å². The molecule has 4 aromatic rings. The molecule has 0 bridgehead atoms. The Labute approximate surface area is 205 Å². The van der Waals surface area contributed by atoms with Gasteiger partial charge in [-0.05, 0) is 62.3 Å². The van der Waals surface area contributed by atoms with Crippen molar-refractivity contribution < 1.29 is 0 Å². The van der Waals surface area contributed by atoms with Crippen LogP contribution in [0.3, 0.4) is 0 Å². The van der Waals surface area contributed by atoms with Crippen LogP contribution in [0.25, 0.3) is 21.9 Å². The van der Waals surface area contributed by atoms with E-state index >= 15 is 0 Å². The number of nitrogens with zero attached hydrogens (tertiary/aromatic N) is 5. The monoisotopic (exact) mass is 485 g/mol. The minimum atomic E-state index is 0. The molecule has 4 aromatic heterocycles. The molecule has 174 valence electrons. The first-order valence-electron chi connectivity index (χ1n) is 11.3. The Balaban J connectivity index is 0.00000130. The summed E-state index contributed by atoms with van der Waals surface area (Å²) < 4.78 is 2.40. The van der Waals surface area contributed by atoms with Crippen LogP contribution in [0, 0.1) is 5.92 Å². The number of halogens is 2. The molecule has 0 amide bonds. The highest BCUT2D eigenvalue weighted by Crippen LogP contribution is 2.38. The number of pyridine rings is 2. The minimum absolute atomic E-state index is 0. The molecule has 6 rings (SSSR count). The van der Waals surface area contributed by atoms with Gasteiger partial charge in [-0.15, -0.1) is 24.8 Å². The molecule has 5 heterocycles. The largest absolute Gasteiger partial charge is 0.321 e. The molecule has 0 saturated heterocycles. The highest BCUT2D eigenvalue weighted by molar-refractivity contribution is 6.06. The summed E-state index contributed by atoms with van der Waals surface area (Å²) in [5.41, 5.74) is 4.56. The van der Waals surface area contributed by atoms with Gasteiger partial charge in [0, 0.05) is 35.8 Å². The van der Waals surface area contributed by atoms with Crippen molar-refractivity contribution in [2.45, 2.75) is 51.6 Å². The smallest absolute Gasteiger partial charge is 0.230 e. The van der Waals surface area contributed by atoms with Gasteiger partial charge in [0.25, 0.3) is 0 Å². The van der Waals surface area contributed by atoms with Crippen LogP contribution in [0.1, 0.15) is 49.9 Å². The fourth-order valence-electron chi connectivity index (χ4n) is 5.12. The van der Waals surface area contributed by atoms with Crippen molar-refractivity contribution in [2.75, 3.05) is 11.9 Å². The summed E-state index contributed by atoms with van der Waals surface area (Å²) in [6.45, 7) is 4.18. The first-order chi connectivity index (χ1) is 15.3. The van der Waals surface area contributed by atoms with Crippen LogP contribution >= 0.6 is 24.8 Å². The van der Waals surface area contributed by atoms with Crippen molar-refractivity contribution in [3.63, 3.8) is 0 Å². The Bertz CT molecular complexity index is 1260. The van der Waals surface area contributed by atoms with E-state index in [1.807, 2.05) is 24.7 Å². The number of hydrogen-bond acceptors (Lipinski definition) is 6. The van der Waals surface area contributed by atoms with Gasteiger partial charge in [-0.3, -0.25) is 4.98 Å². The Morgan fingerprint density at radius 1 is 1.00 bits per heavy atom. The van der Waals surface area contributed by atoms with Crippen LogP contribution in [0.2, 0.25) is 0 Å². The Kier molecular flexibility index (Phi) is 7.02. The van der Waals surface area contributed by atoms with E-state index in [2.05, 4.69) is 44.2 Å². The molecule has 0 atom stereocenters. The average molecular weight is 486 g/mol. The molecule has 0 radical (unpaired) electrons. The molecule has 0 aromatic carbocycles. The summed E-state index contributed by atoms with van der Waals surface area (Å²) in [5.74, 6) is 2.18. The number of rotatable bonds is 3. The van der Waals surface area contributed by atoms with Gasteiger partial charge in [0.05, 0.1) is 17.4 Å². The van der Waals surface area contributed by atoms with Gasteiger partial charge in [0.15, 0.2) is 0 Å². The zero-order chi connectivity index (χ0) is 20.8. The van der Waals surface area contributed by atoms with Crippen molar-refractivity contribution in [3.8, 4) is 0 Å². The van der Waals surface area contributed by atoms with Crippen LogP contribution in [0.15, 0.2) is 36.8 Å². The maximum Gasteiger partial charge on any atom is 0.230 e. The predicted octanol–water partition coefficient (Wildman–Crippen LogP) is 5.36. The van der Waals surface area contributed by atoms with Crippen molar-refractivity contribution in [2.24, 2.45) is 5.92 Å². The van der Waals surface area contributed by atoms with Crippen molar-refractivity contribution in [1.82, 2.24) is 29.8 Å². The third-order valence-corrected chi connectivity index (χ3v) is 6.87. The number of nitrogens with one attached hydrogen (secondary N) is 2. The Hall–Kier alpha value is -2.48. The Morgan fingerprint density at radius 3 is 2.70 bits per heavy atom. The lowest BCUT2D eigenvalue weighted by atomic mass is 9.87. The van der Waals surface area contributed by atoms with Crippen LogP contribution in [-0.4, -0.2) is 31.0 Å². The van der Waals surface area contributed by atoms with Crippen molar-refractivity contribution in [1.29, 1.82) is 0 Å².